The van der Waals surface area contributed by atoms with E-state index in [0.717, 1.165) is 0 Å². The lowest BCUT2D eigenvalue weighted by molar-refractivity contribution is -0.140. The second-order valence-corrected chi connectivity index (χ2v) is 6.79. The first kappa shape index (κ1) is 19.4. The van der Waals surface area contributed by atoms with Crippen molar-refractivity contribution in [3.05, 3.63) is 95.2 Å². The monoisotopic (exact) mass is 407 g/mol. The molecule has 2 aromatic carbocycles. The van der Waals surface area contributed by atoms with Gasteiger partial charge in [-0.05, 0) is 54.1 Å². The zero-order chi connectivity index (χ0) is 21.3. The molecule has 1 aromatic heterocycles. The summed E-state index contributed by atoms with van der Waals surface area (Å²) in [5.41, 5.74) is 0.746. The Balaban J connectivity index is 1.87. The summed E-state index contributed by atoms with van der Waals surface area (Å²) in [6.07, 6.45) is 1.48. The molecule has 3 aromatic rings. The van der Waals surface area contributed by atoms with Crippen LogP contribution in [0.3, 0.4) is 0 Å². The average Bonchev–Trinajstić information content (AvgIpc) is 3.36. The summed E-state index contributed by atoms with van der Waals surface area (Å²) in [4.78, 5) is 27.1. The van der Waals surface area contributed by atoms with Crippen molar-refractivity contribution in [3.8, 4) is 5.75 Å². The number of likely N-dealkylation sites (tertiary alicyclic amines) is 1. The van der Waals surface area contributed by atoms with Gasteiger partial charge in [0.2, 0.25) is 0 Å². The van der Waals surface area contributed by atoms with E-state index in [1.54, 1.807) is 36.4 Å². The fourth-order valence-electron chi connectivity index (χ4n) is 3.53. The van der Waals surface area contributed by atoms with E-state index in [4.69, 9.17) is 9.15 Å². The van der Waals surface area contributed by atoms with Crippen LogP contribution < -0.4 is 4.74 Å². The molecule has 1 saturated heterocycles. The molecule has 0 spiro atoms. The summed E-state index contributed by atoms with van der Waals surface area (Å²) < 4.78 is 23.9. The molecule has 30 heavy (non-hydrogen) atoms. The van der Waals surface area contributed by atoms with E-state index < -0.39 is 23.5 Å². The molecule has 2 heterocycles. The second kappa shape index (κ2) is 7.87. The van der Waals surface area contributed by atoms with Crippen molar-refractivity contribution in [2.75, 3.05) is 7.11 Å². The summed E-state index contributed by atoms with van der Waals surface area (Å²) in [6.45, 7) is 0.0413. The van der Waals surface area contributed by atoms with Gasteiger partial charge in [-0.3, -0.25) is 9.59 Å². The van der Waals surface area contributed by atoms with E-state index >= 15 is 0 Å². The molecule has 1 atom stereocenters. The van der Waals surface area contributed by atoms with Crippen molar-refractivity contribution in [2.24, 2.45) is 0 Å². The topological polar surface area (TPSA) is 80.0 Å². The highest BCUT2D eigenvalue weighted by Crippen LogP contribution is 2.41. The molecule has 1 aliphatic heterocycles. The van der Waals surface area contributed by atoms with Crippen molar-refractivity contribution in [1.82, 2.24) is 4.90 Å². The van der Waals surface area contributed by atoms with E-state index in [-0.39, 0.29) is 23.4 Å². The van der Waals surface area contributed by atoms with Crippen LogP contribution in [-0.4, -0.2) is 28.8 Å². The van der Waals surface area contributed by atoms with E-state index in [0.29, 0.717) is 17.1 Å². The highest BCUT2D eigenvalue weighted by molar-refractivity contribution is 6.46. The van der Waals surface area contributed by atoms with Crippen LogP contribution in [0.1, 0.15) is 22.9 Å². The summed E-state index contributed by atoms with van der Waals surface area (Å²) in [7, 11) is 1.51. The van der Waals surface area contributed by atoms with E-state index in [1.807, 2.05) is 0 Å². The van der Waals surface area contributed by atoms with Crippen LogP contribution >= 0.6 is 0 Å². The zero-order valence-corrected chi connectivity index (χ0v) is 16.0. The fourth-order valence-corrected chi connectivity index (χ4v) is 3.53. The smallest absolute Gasteiger partial charge is 0.296 e. The maximum atomic E-state index is 13.3. The molecule has 1 fully saturated rings. The molecule has 7 heteroatoms. The number of aliphatic hydroxyl groups is 1. The molecular formula is C23H18FNO5. The first-order valence-corrected chi connectivity index (χ1v) is 9.20. The minimum absolute atomic E-state index is 0.0413. The van der Waals surface area contributed by atoms with Crippen LogP contribution in [-0.2, 0) is 16.1 Å². The van der Waals surface area contributed by atoms with E-state index in [9.17, 15) is 19.1 Å². The lowest BCUT2D eigenvalue weighted by atomic mass is 9.95. The predicted octanol–water partition coefficient (Wildman–Crippen LogP) is 4.05. The molecule has 0 saturated carbocycles. The Morgan fingerprint density at radius 2 is 1.90 bits per heavy atom. The molecule has 1 N–H and O–H groups in total. The van der Waals surface area contributed by atoms with Gasteiger partial charge in [0, 0.05) is 5.56 Å². The van der Waals surface area contributed by atoms with Gasteiger partial charge in [0.05, 0.1) is 31.5 Å². The van der Waals surface area contributed by atoms with Gasteiger partial charge in [-0.1, -0.05) is 12.1 Å². The van der Waals surface area contributed by atoms with Gasteiger partial charge in [-0.15, -0.1) is 0 Å². The number of Topliss-reactive ketones (excluding diaryl/α,β-unsaturated/α-hetero) is 1. The Morgan fingerprint density at radius 3 is 2.57 bits per heavy atom. The average molecular weight is 407 g/mol. The Labute approximate surface area is 171 Å². The number of carbonyl (C=O) groups excluding carboxylic acids is 2. The molecular weight excluding hydrogens is 389 g/mol. The molecule has 6 nitrogen and oxygen atoms in total. The Morgan fingerprint density at radius 1 is 1.13 bits per heavy atom. The Bertz CT molecular complexity index is 1120. The van der Waals surface area contributed by atoms with Gasteiger partial charge in [0.15, 0.2) is 0 Å². The Hall–Kier alpha value is -3.87. The van der Waals surface area contributed by atoms with Gasteiger partial charge >= 0.3 is 0 Å². The number of ether oxygens (including phenoxy) is 1. The van der Waals surface area contributed by atoms with Crippen molar-refractivity contribution in [2.45, 2.75) is 12.6 Å². The van der Waals surface area contributed by atoms with Crippen LogP contribution in [0.4, 0.5) is 4.39 Å². The molecule has 4 rings (SSSR count). The van der Waals surface area contributed by atoms with Gasteiger partial charge in [-0.25, -0.2) is 4.39 Å². The quantitative estimate of drug-likeness (QED) is 0.392. The summed E-state index contributed by atoms with van der Waals surface area (Å²) in [5, 5.41) is 10.9. The standard InChI is InChI=1S/C23H18FNO5/c1-29-17-5-2-4-15(12-17)20-19(21(26)14-7-9-16(24)10-8-14)22(27)23(28)25(20)13-18-6-3-11-30-18/h2-12,20,26H,13H2,1H3/b21-19-. The minimum Gasteiger partial charge on any atom is -0.507 e. The van der Waals surface area contributed by atoms with E-state index in [2.05, 4.69) is 0 Å². The zero-order valence-electron chi connectivity index (χ0n) is 16.0. The number of rotatable bonds is 5. The maximum absolute atomic E-state index is 13.3. The second-order valence-electron chi connectivity index (χ2n) is 6.79. The molecule has 1 unspecified atom stereocenters. The van der Waals surface area contributed by atoms with Crippen LogP contribution in [0.15, 0.2) is 76.9 Å². The largest absolute Gasteiger partial charge is 0.507 e. The molecule has 0 aliphatic carbocycles. The number of benzene rings is 2. The highest BCUT2D eigenvalue weighted by Gasteiger charge is 2.46. The number of furan rings is 1. The van der Waals surface area contributed by atoms with Crippen molar-refractivity contribution >= 4 is 17.4 Å². The highest BCUT2D eigenvalue weighted by atomic mass is 19.1. The number of halogens is 1. The predicted molar refractivity (Wildman–Crippen MR) is 106 cm³/mol. The molecule has 0 radical (unpaired) electrons. The van der Waals surface area contributed by atoms with Gasteiger partial charge in [0.25, 0.3) is 11.7 Å². The maximum Gasteiger partial charge on any atom is 0.296 e. The molecule has 1 aliphatic rings. The van der Waals surface area contributed by atoms with Crippen LogP contribution in [0, 0.1) is 5.82 Å². The number of aliphatic hydroxyl groups excluding tert-OH is 1. The van der Waals surface area contributed by atoms with Gasteiger partial charge in [0.1, 0.15) is 23.1 Å². The van der Waals surface area contributed by atoms with Crippen molar-refractivity contribution < 1.29 is 28.2 Å². The van der Waals surface area contributed by atoms with Crippen molar-refractivity contribution in [1.29, 1.82) is 0 Å². The molecule has 1 amide bonds. The lowest BCUT2D eigenvalue weighted by Crippen LogP contribution is -2.29. The summed E-state index contributed by atoms with van der Waals surface area (Å²) in [5.74, 6) is -1.40. The number of nitrogens with zero attached hydrogens (tertiary/aromatic N) is 1. The third kappa shape index (κ3) is 3.45. The summed E-state index contributed by atoms with van der Waals surface area (Å²) in [6, 6.07) is 14.5. The Kier molecular flexibility index (Phi) is 5.10. The van der Waals surface area contributed by atoms with Crippen LogP contribution in [0.2, 0.25) is 0 Å². The minimum atomic E-state index is -0.866. The molecule has 152 valence electrons. The third-order valence-electron chi connectivity index (χ3n) is 4.97. The fraction of sp³-hybridized carbons (Fsp3) is 0.130. The number of methoxy groups -OCH3 is 1. The SMILES string of the molecule is COc1cccc(C2/C(=C(/O)c3ccc(F)cc3)C(=O)C(=O)N2Cc2ccco2)c1. The number of hydrogen-bond donors (Lipinski definition) is 1. The first-order valence-electron chi connectivity index (χ1n) is 9.20. The number of hydrogen-bond acceptors (Lipinski definition) is 5. The third-order valence-corrected chi connectivity index (χ3v) is 4.97. The first-order chi connectivity index (χ1) is 14.5. The van der Waals surface area contributed by atoms with Crippen LogP contribution in [0.5, 0.6) is 5.75 Å². The van der Waals surface area contributed by atoms with Crippen LogP contribution in [0.25, 0.3) is 5.76 Å². The normalized spacial score (nSPS) is 18.1. The number of amides is 1. The van der Waals surface area contributed by atoms with Crippen molar-refractivity contribution in [3.63, 3.8) is 0 Å². The van der Waals surface area contributed by atoms with Gasteiger partial charge < -0.3 is 19.2 Å². The number of carbonyl (C=O) groups is 2. The lowest BCUT2D eigenvalue weighted by Gasteiger charge is -2.24. The summed E-state index contributed by atoms with van der Waals surface area (Å²) >= 11 is 0. The molecule has 0 bridgehead atoms. The van der Waals surface area contributed by atoms with E-state index in [1.165, 1.54) is 42.5 Å². The number of ketones is 1. The van der Waals surface area contributed by atoms with Gasteiger partial charge in [-0.2, -0.15) is 0 Å².